The van der Waals surface area contributed by atoms with Gasteiger partial charge >= 0.3 is 6.18 Å². The third kappa shape index (κ3) is 3.70. The summed E-state index contributed by atoms with van der Waals surface area (Å²) in [5.74, 6) is -0.758. The van der Waals surface area contributed by atoms with Gasteiger partial charge in [-0.05, 0) is 12.1 Å². The monoisotopic (exact) mass is 247 g/mol. The van der Waals surface area contributed by atoms with Crippen LogP contribution in [0.3, 0.4) is 0 Å². The highest BCUT2D eigenvalue weighted by atomic mass is 19.4. The van der Waals surface area contributed by atoms with Crippen LogP contribution in [-0.2, 0) is 11.0 Å². The number of hydrogen-bond donors (Lipinski definition) is 2. The molecular weight excluding hydrogens is 235 g/mol. The summed E-state index contributed by atoms with van der Waals surface area (Å²) in [6.45, 7) is 1.78. The first-order chi connectivity index (χ1) is 7.84. The van der Waals surface area contributed by atoms with E-state index in [0.717, 1.165) is 18.3 Å². The quantitative estimate of drug-likeness (QED) is 0.853. The van der Waals surface area contributed by atoms with Crippen molar-refractivity contribution in [2.24, 2.45) is 11.7 Å². The number of carbonyl (C=O) groups excluding carboxylic acids is 1. The summed E-state index contributed by atoms with van der Waals surface area (Å²) < 4.78 is 36.6. The van der Waals surface area contributed by atoms with E-state index in [9.17, 15) is 18.0 Å². The molecular formula is C10H12F3N3O. The molecule has 1 atom stereocenters. The number of rotatable bonds is 3. The molecule has 0 saturated carbocycles. The summed E-state index contributed by atoms with van der Waals surface area (Å²) in [6.07, 6.45) is -3.52. The molecule has 0 radical (unpaired) electrons. The van der Waals surface area contributed by atoms with Crippen LogP contribution in [0.25, 0.3) is 0 Å². The third-order valence-electron chi connectivity index (χ3n) is 2.12. The second-order valence-corrected chi connectivity index (χ2v) is 3.56. The van der Waals surface area contributed by atoms with Gasteiger partial charge in [0.05, 0.1) is 11.9 Å². The number of halogens is 3. The fraction of sp³-hybridized carbons (Fsp3) is 0.400. The smallest absolute Gasteiger partial charge is 0.330 e. The number of nitrogens with one attached hydrogen (secondary N) is 1. The van der Waals surface area contributed by atoms with Gasteiger partial charge in [0.1, 0.15) is 5.69 Å². The molecule has 1 rings (SSSR count). The first-order valence-corrected chi connectivity index (χ1v) is 4.88. The first kappa shape index (κ1) is 13.4. The molecule has 1 heterocycles. The fourth-order valence-electron chi connectivity index (χ4n) is 1.01. The van der Waals surface area contributed by atoms with Crippen LogP contribution in [-0.4, -0.2) is 17.4 Å². The Morgan fingerprint density at radius 3 is 2.59 bits per heavy atom. The predicted molar refractivity (Wildman–Crippen MR) is 56.1 cm³/mol. The average Bonchev–Trinajstić information content (AvgIpc) is 2.27. The number of nitrogens with two attached hydrogens (primary N) is 1. The lowest BCUT2D eigenvalue weighted by molar-refractivity contribution is -0.141. The predicted octanol–water partition coefficient (Wildman–Crippen LogP) is 1.63. The molecule has 7 heteroatoms. The van der Waals surface area contributed by atoms with Crippen molar-refractivity contribution in [2.45, 2.75) is 13.1 Å². The number of amides is 1. The van der Waals surface area contributed by atoms with E-state index in [-0.39, 0.29) is 18.1 Å². The Balaban J connectivity index is 2.73. The molecule has 1 amide bonds. The summed E-state index contributed by atoms with van der Waals surface area (Å²) in [7, 11) is 0. The minimum atomic E-state index is -4.48. The number of pyridine rings is 1. The zero-order valence-corrected chi connectivity index (χ0v) is 9.08. The molecule has 94 valence electrons. The van der Waals surface area contributed by atoms with Crippen molar-refractivity contribution in [1.82, 2.24) is 4.98 Å². The molecule has 0 saturated heterocycles. The Hall–Kier alpha value is -1.63. The highest BCUT2D eigenvalue weighted by Gasteiger charge is 2.32. The molecule has 0 fully saturated rings. The number of nitrogens with zero attached hydrogens (tertiary/aromatic N) is 1. The van der Waals surface area contributed by atoms with Crippen molar-refractivity contribution in [2.75, 3.05) is 11.9 Å². The van der Waals surface area contributed by atoms with Crippen molar-refractivity contribution < 1.29 is 18.0 Å². The zero-order valence-electron chi connectivity index (χ0n) is 9.08. The molecule has 0 aliphatic rings. The molecule has 0 aromatic carbocycles. The lowest BCUT2D eigenvalue weighted by Gasteiger charge is -2.10. The van der Waals surface area contributed by atoms with Gasteiger partial charge in [0.2, 0.25) is 5.91 Å². The van der Waals surface area contributed by atoms with Crippen LogP contribution in [0.5, 0.6) is 0 Å². The van der Waals surface area contributed by atoms with Crippen LogP contribution < -0.4 is 11.1 Å². The summed E-state index contributed by atoms with van der Waals surface area (Å²) >= 11 is 0. The van der Waals surface area contributed by atoms with E-state index in [1.807, 2.05) is 0 Å². The number of carbonyl (C=O) groups is 1. The van der Waals surface area contributed by atoms with Gasteiger partial charge in [0, 0.05) is 12.5 Å². The summed E-state index contributed by atoms with van der Waals surface area (Å²) in [5, 5.41) is 2.42. The van der Waals surface area contributed by atoms with Crippen molar-refractivity contribution in [3.8, 4) is 0 Å². The van der Waals surface area contributed by atoms with Crippen molar-refractivity contribution in [1.29, 1.82) is 0 Å². The van der Waals surface area contributed by atoms with E-state index in [4.69, 9.17) is 5.73 Å². The van der Waals surface area contributed by atoms with Crippen LogP contribution in [0.4, 0.5) is 18.9 Å². The highest BCUT2D eigenvalue weighted by Crippen LogP contribution is 2.27. The molecule has 4 nitrogen and oxygen atoms in total. The standard InChI is InChI=1S/C10H12F3N3O/c1-6(4-14)9(17)16-7-2-3-8(15-5-7)10(11,12)13/h2-3,5-6H,4,14H2,1H3,(H,16,17). The second-order valence-electron chi connectivity index (χ2n) is 3.56. The van der Waals surface area contributed by atoms with E-state index in [0.29, 0.717) is 0 Å². The van der Waals surface area contributed by atoms with E-state index < -0.39 is 17.8 Å². The minimum absolute atomic E-state index is 0.167. The number of anilines is 1. The van der Waals surface area contributed by atoms with Gasteiger partial charge in [0.25, 0.3) is 0 Å². The van der Waals surface area contributed by atoms with Crippen LogP contribution in [0.15, 0.2) is 18.3 Å². The molecule has 17 heavy (non-hydrogen) atoms. The molecule has 0 spiro atoms. The first-order valence-electron chi connectivity index (χ1n) is 4.88. The highest BCUT2D eigenvalue weighted by molar-refractivity contribution is 5.92. The van der Waals surface area contributed by atoms with Gasteiger partial charge in [-0.15, -0.1) is 0 Å². The summed E-state index contributed by atoms with van der Waals surface area (Å²) in [6, 6.07) is 1.96. The van der Waals surface area contributed by atoms with E-state index in [1.165, 1.54) is 0 Å². The fourth-order valence-corrected chi connectivity index (χ4v) is 1.01. The third-order valence-corrected chi connectivity index (χ3v) is 2.12. The molecule has 1 unspecified atom stereocenters. The van der Waals surface area contributed by atoms with Gasteiger partial charge in [-0.3, -0.25) is 4.79 Å². The maximum Gasteiger partial charge on any atom is 0.433 e. The number of alkyl halides is 3. The van der Waals surface area contributed by atoms with Crippen LogP contribution >= 0.6 is 0 Å². The molecule has 3 N–H and O–H groups in total. The Labute approximate surface area is 96.0 Å². The Bertz CT molecular complexity index is 389. The lowest BCUT2D eigenvalue weighted by Crippen LogP contribution is -2.26. The SMILES string of the molecule is CC(CN)C(=O)Nc1ccc(C(F)(F)F)nc1. The molecule has 1 aromatic heterocycles. The topological polar surface area (TPSA) is 68.0 Å². The maximum atomic E-state index is 12.2. The largest absolute Gasteiger partial charge is 0.433 e. The van der Waals surface area contributed by atoms with Crippen LogP contribution in [0.2, 0.25) is 0 Å². The van der Waals surface area contributed by atoms with Gasteiger partial charge < -0.3 is 11.1 Å². The van der Waals surface area contributed by atoms with E-state index in [2.05, 4.69) is 10.3 Å². The second kappa shape index (κ2) is 5.13. The summed E-state index contributed by atoms with van der Waals surface area (Å²) in [4.78, 5) is 14.6. The van der Waals surface area contributed by atoms with Crippen LogP contribution in [0.1, 0.15) is 12.6 Å². The van der Waals surface area contributed by atoms with E-state index in [1.54, 1.807) is 6.92 Å². The Morgan fingerprint density at radius 2 is 2.18 bits per heavy atom. The van der Waals surface area contributed by atoms with Gasteiger partial charge in [-0.1, -0.05) is 6.92 Å². The Morgan fingerprint density at radius 1 is 1.53 bits per heavy atom. The molecule has 0 aliphatic heterocycles. The molecule has 0 bridgehead atoms. The normalized spacial score (nSPS) is 13.2. The number of hydrogen-bond acceptors (Lipinski definition) is 3. The summed E-state index contributed by atoms with van der Waals surface area (Å²) in [5.41, 5.74) is 4.50. The Kier molecular flexibility index (Phi) is 4.06. The molecule has 0 aliphatic carbocycles. The van der Waals surface area contributed by atoms with Crippen LogP contribution in [0, 0.1) is 5.92 Å². The van der Waals surface area contributed by atoms with Gasteiger partial charge in [0.15, 0.2) is 0 Å². The van der Waals surface area contributed by atoms with Crippen molar-refractivity contribution >= 4 is 11.6 Å². The van der Waals surface area contributed by atoms with Gasteiger partial charge in [-0.25, -0.2) is 4.98 Å². The van der Waals surface area contributed by atoms with E-state index >= 15 is 0 Å². The molecule has 1 aromatic rings. The minimum Gasteiger partial charge on any atom is -0.330 e. The lowest BCUT2D eigenvalue weighted by atomic mass is 10.1. The van der Waals surface area contributed by atoms with Gasteiger partial charge in [-0.2, -0.15) is 13.2 Å². The average molecular weight is 247 g/mol. The van der Waals surface area contributed by atoms with Crippen molar-refractivity contribution in [3.05, 3.63) is 24.0 Å². The maximum absolute atomic E-state index is 12.2. The zero-order chi connectivity index (χ0) is 13.1. The van der Waals surface area contributed by atoms with Crippen molar-refractivity contribution in [3.63, 3.8) is 0 Å². The number of aromatic nitrogens is 1.